The van der Waals surface area contributed by atoms with E-state index in [0.717, 1.165) is 16.7 Å². The number of para-hydroxylation sites is 2. The minimum absolute atomic E-state index is 0.450. The molecule has 0 atom stereocenters. The first-order chi connectivity index (χ1) is 11.2. The zero-order chi connectivity index (χ0) is 16.1. The van der Waals surface area contributed by atoms with Crippen molar-refractivity contribution in [3.05, 3.63) is 84.4 Å². The fourth-order valence-electron chi connectivity index (χ4n) is 2.35. The molecule has 3 aromatic carbocycles. The standard InChI is InChI=1S/C20H16O3/c1-15-9-5-6-12-17(15)18-13-7-8-14-19(18)23-20(21)22-16-10-3-2-4-11-16/h2-14H,1H3. The zero-order valence-electron chi connectivity index (χ0n) is 12.7. The van der Waals surface area contributed by atoms with Crippen molar-refractivity contribution in [2.45, 2.75) is 6.92 Å². The van der Waals surface area contributed by atoms with E-state index in [1.807, 2.05) is 55.5 Å². The summed E-state index contributed by atoms with van der Waals surface area (Å²) in [5, 5.41) is 0. The second-order valence-corrected chi connectivity index (χ2v) is 5.08. The van der Waals surface area contributed by atoms with Crippen molar-refractivity contribution in [2.75, 3.05) is 0 Å². The number of ether oxygens (including phenoxy) is 2. The van der Waals surface area contributed by atoms with Crippen molar-refractivity contribution in [1.29, 1.82) is 0 Å². The maximum absolute atomic E-state index is 12.0. The van der Waals surface area contributed by atoms with Crippen LogP contribution in [0.15, 0.2) is 78.9 Å². The van der Waals surface area contributed by atoms with E-state index in [4.69, 9.17) is 9.47 Å². The van der Waals surface area contributed by atoms with E-state index in [1.165, 1.54) is 0 Å². The average Bonchev–Trinajstić information content (AvgIpc) is 2.57. The Bertz CT molecular complexity index is 810. The van der Waals surface area contributed by atoms with Gasteiger partial charge in [-0.15, -0.1) is 0 Å². The van der Waals surface area contributed by atoms with Crippen LogP contribution in [-0.2, 0) is 0 Å². The number of aryl methyl sites for hydroxylation is 1. The highest BCUT2D eigenvalue weighted by molar-refractivity contribution is 5.77. The third-order valence-electron chi connectivity index (χ3n) is 3.46. The van der Waals surface area contributed by atoms with Crippen molar-refractivity contribution >= 4 is 6.16 Å². The van der Waals surface area contributed by atoms with Gasteiger partial charge >= 0.3 is 6.16 Å². The number of hydrogen-bond donors (Lipinski definition) is 0. The van der Waals surface area contributed by atoms with Crippen LogP contribution in [0.2, 0.25) is 0 Å². The molecule has 0 aliphatic carbocycles. The summed E-state index contributed by atoms with van der Waals surface area (Å²) in [5.41, 5.74) is 2.99. The number of carbonyl (C=O) groups is 1. The van der Waals surface area contributed by atoms with Crippen LogP contribution in [-0.4, -0.2) is 6.16 Å². The van der Waals surface area contributed by atoms with Gasteiger partial charge in [0.2, 0.25) is 0 Å². The molecule has 0 aliphatic rings. The monoisotopic (exact) mass is 304 g/mol. The molecule has 0 aliphatic heterocycles. The Morgan fingerprint density at radius 2 is 1.30 bits per heavy atom. The average molecular weight is 304 g/mol. The second kappa shape index (κ2) is 6.79. The summed E-state index contributed by atoms with van der Waals surface area (Å²) in [6, 6.07) is 24.2. The Morgan fingerprint density at radius 3 is 2.04 bits per heavy atom. The Labute approximate surface area is 135 Å². The molecule has 0 saturated carbocycles. The molecular weight excluding hydrogens is 288 g/mol. The summed E-state index contributed by atoms with van der Waals surface area (Å²) >= 11 is 0. The topological polar surface area (TPSA) is 35.5 Å². The highest BCUT2D eigenvalue weighted by Gasteiger charge is 2.13. The lowest BCUT2D eigenvalue weighted by Crippen LogP contribution is -2.14. The first-order valence-corrected chi connectivity index (χ1v) is 7.34. The van der Waals surface area contributed by atoms with E-state index in [-0.39, 0.29) is 0 Å². The molecule has 3 heteroatoms. The highest BCUT2D eigenvalue weighted by atomic mass is 16.7. The van der Waals surface area contributed by atoms with Gasteiger partial charge < -0.3 is 9.47 Å². The van der Waals surface area contributed by atoms with Crippen LogP contribution in [0.4, 0.5) is 4.79 Å². The van der Waals surface area contributed by atoms with Gasteiger partial charge in [-0.05, 0) is 36.2 Å². The van der Waals surface area contributed by atoms with Crippen molar-refractivity contribution in [2.24, 2.45) is 0 Å². The molecule has 0 heterocycles. The van der Waals surface area contributed by atoms with E-state index in [2.05, 4.69) is 0 Å². The molecule has 0 radical (unpaired) electrons. The summed E-state index contributed by atoms with van der Waals surface area (Å²) in [5.74, 6) is 0.925. The SMILES string of the molecule is Cc1ccccc1-c1ccccc1OC(=O)Oc1ccccc1. The van der Waals surface area contributed by atoms with Gasteiger partial charge in [0.15, 0.2) is 0 Å². The zero-order valence-corrected chi connectivity index (χ0v) is 12.7. The number of rotatable bonds is 3. The third kappa shape index (κ3) is 3.58. The fraction of sp³-hybridized carbons (Fsp3) is 0.0500. The first-order valence-electron chi connectivity index (χ1n) is 7.34. The summed E-state index contributed by atoms with van der Waals surface area (Å²) < 4.78 is 10.6. The first kappa shape index (κ1) is 14.9. The Hall–Kier alpha value is -3.07. The molecule has 114 valence electrons. The number of carbonyl (C=O) groups excluding carboxylic acids is 1. The quantitative estimate of drug-likeness (QED) is 0.490. The van der Waals surface area contributed by atoms with E-state index >= 15 is 0 Å². The molecule has 3 aromatic rings. The van der Waals surface area contributed by atoms with E-state index in [9.17, 15) is 4.79 Å². The van der Waals surface area contributed by atoms with Crippen LogP contribution in [0.3, 0.4) is 0 Å². The van der Waals surface area contributed by atoms with Crippen molar-refractivity contribution in [3.63, 3.8) is 0 Å². The molecule has 0 spiro atoms. The van der Waals surface area contributed by atoms with Gasteiger partial charge in [-0.25, -0.2) is 4.79 Å². The van der Waals surface area contributed by atoms with Gasteiger partial charge in [0.25, 0.3) is 0 Å². The largest absolute Gasteiger partial charge is 0.519 e. The molecule has 0 unspecified atom stereocenters. The lowest BCUT2D eigenvalue weighted by molar-refractivity contribution is 0.152. The summed E-state index contributed by atoms with van der Waals surface area (Å²) in [7, 11) is 0. The molecule has 3 rings (SSSR count). The maximum atomic E-state index is 12.0. The molecule has 0 fully saturated rings. The number of hydrogen-bond acceptors (Lipinski definition) is 3. The Morgan fingerprint density at radius 1 is 0.696 bits per heavy atom. The Kier molecular flexibility index (Phi) is 4.39. The van der Waals surface area contributed by atoms with E-state index in [0.29, 0.717) is 11.5 Å². The normalized spacial score (nSPS) is 10.1. The van der Waals surface area contributed by atoms with Crippen molar-refractivity contribution in [1.82, 2.24) is 0 Å². The van der Waals surface area contributed by atoms with Gasteiger partial charge in [0.05, 0.1) is 0 Å². The Balaban J connectivity index is 1.84. The van der Waals surface area contributed by atoms with Crippen molar-refractivity contribution in [3.8, 4) is 22.6 Å². The molecular formula is C20H16O3. The van der Waals surface area contributed by atoms with Gasteiger partial charge in [-0.2, -0.15) is 0 Å². The number of benzene rings is 3. The summed E-state index contributed by atoms with van der Waals surface area (Å²) in [6.07, 6.45) is -0.753. The van der Waals surface area contributed by atoms with Crippen LogP contribution in [0.25, 0.3) is 11.1 Å². The highest BCUT2D eigenvalue weighted by Crippen LogP contribution is 2.32. The van der Waals surface area contributed by atoms with Gasteiger partial charge in [-0.3, -0.25) is 0 Å². The van der Waals surface area contributed by atoms with Gasteiger partial charge in [-0.1, -0.05) is 60.7 Å². The van der Waals surface area contributed by atoms with Crippen molar-refractivity contribution < 1.29 is 14.3 Å². The van der Waals surface area contributed by atoms with Crippen LogP contribution in [0, 0.1) is 6.92 Å². The minimum atomic E-state index is -0.753. The van der Waals surface area contributed by atoms with E-state index < -0.39 is 6.16 Å². The maximum Gasteiger partial charge on any atom is 0.519 e. The van der Waals surface area contributed by atoms with Crippen LogP contribution in [0.5, 0.6) is 11.5 Å². The molecule has 0 saturated heterocycles. The summed E-state index contributed by atoms with van der Waals surface area (Å²) in [4.78, 5) is 12.0. The summed E-state index contributed by atoms with van der Waals surface area (Å²) in [6.45, 7) is 2.02. The molecule has 23 heavy (non-hydrogen) atoms. The fourth-order valence-corrected chi connectivity index (χ4v) is 2.35. The van der Waals surface area contributed by atoms with Crippen LogP contribution < -0.4 is 9.47 Å². The van der Waals surface area contributed by atoms with Gasteiger partial charge in [0, 0.05) is 5.56 Å². The lowest BCUT2D eigenvalue weighted by Gasteiger charge is -2.12. The smallest absolute Gasteiger partial charge is 0.395 e. The molecule has 0 amide bonds. The van der Waals surface area contributed by atoms with E-state index in [1.54, 1.807) is 30.3 Å². The molecule has 3 nitrogen and oxygen atoms in total. The van der Waals surface area contributed by atoms with Gasteiger partial charge in [0.1, 0.15) is 11.5 Å². The predicted octanol–water partition coefficient (Wildman–Crippen LogP) is 5.24. The molecule has 0 bridgehead atoms. The molecule has 0 N–H and O–H groups in total. The minimum Gasteiger partial charge on any atom is -0.395 e. The van der Waals surface area contributed by atoms with Crippen LogP contribution >= 0.6 is 0 Å². The third-order valence-corrected chi connectivity index (χ3v) is 3.46. The predicted molar refractivity (Wildman–Crippen MR) is 89.7 cm³/mol. The second-order valence-electron chi connectivity index (χ2n) is 5.08. The molecule has 0 aromatic heterocycles. The lowest BCUT2D eigenvalue weighted by atomic mass is 10.00. The van der Waals surface area contributed by atoms with Crippen LogP contribution in [0.1, 0.15) is 5.56 Å².